The van der Waals surface area contributed by atoms with Crippen molar-refractivity contribution < 1.29 is 9.18 Å². The molecule has 0 aliphatic heterocycles. The average molecular weight is 286 g/mol. The van der Waals surface area contributed by atoms with E-state index in [4.69, 9.17) is 5.73 Å². The summed E-state index contributed by atoms with van der Waals surface area (Å²) in [5, 5.41) is 3.37. The van der Waals surface area contributed by atoms with Crippen molar-refractivity contribution in [3.05, 3.63) is 65.5 Å². The van der Waals surface area contributed by atoms with Gasteiger partial charge in [-0.2, -0.15) is 0 Å². The van der Waals surface area contributed by atoms with Crippen LogP contribution in [0.5, 0.6) is 0 Å². The van der Waals surface area contributed by atoms with E-state index in [1.165, 1.54) is 6.07 Å². The Kier molecular flexibility index (Phi) is 4.93. The second-order valence-corrected chi connectivity index (χ2v) is 5.00. The number of anilines is 1. The van der Waals surface area contributed by atoms with Crippen molar-refractivity contribution >= 4 is 11.6 Å². The van der Waals surface area contributed by atoms with Gasteiger partial charge in [-0.3, -0.25) is 4.79 Å². The van der Waals surface area contributed by atoms with Crippen LogP contribution in [-0.2, 0) is 11.2 Å². The maximum absolute atomic E-state index is 13.3. The molecule has 0 bridgehead atoms. The molecule has 2 aromatic carbocycles. The number of hydrogen-bond acceptors (Lipinski definition) is 2. The molecule has 1 unspecified atom stereocenters. The van der Waals surface area contributed by atoms with Gasteiger partial charge in [0, 0.05) is 5.69 Å². The predicted molar refractivity (Wildman–Crippen MR) is 82.4 cm³/mol. The monoisotopic (exact) mass is 286 g/mol. The van der Waals surface area contributed by atoms with E-state index in [9.17, 15) is 9.18 Å². The van der Waals surface area contributed by atoms with Gasteiger partial charge in [-0.1, -0.05) is 31.2 Å². The molecular formula is C17H19FN2O. The third-order valence-corrected chi connectivity index (χ3v) is 3.33. The zero-order chi connectivity index (χ0) is 15.2. The Balaban J connectivity index is 2.10. The maximum Gasteiger partial charge on any atom is 0.221 e. The van der Waals surface area contributed by atoms with Gasteiger partial charge in [-0.15, -0.1) is 0 Å². The standard InChI is InChI=1S/C17H19FN2O/c1-2-16(13-4-3-5-14(18)11-13)20-15-8-6-12(7-9-15)10-17(19)21/h3-9,11,16,20H,2,10H2,1H3,(H2,19,21). The quantitative estimate of drug-likeness (QED) is 0.855. The molecule has 0 heterocycles. The number of amides is 1. The second-order valence-electron chi connectivity index (χ2n) is 5.00. The number of nitrogens with one attached hydrogen (secondary N) is 1. The number of halogens is 1. The predicted octanol–water partition coefficient (Wildman–Crippen LogP) is 3.42. The van der Waals surface area contributed by atoms with Crippen molar-refractivity contribution in [1.82, 2.24) is 0 Å². The fourth-order valence-electron chi connectivity index (χ4n) is 2.27. The molecular weight excluding hydrogens is 267 g/mol. The van der Waals surface area contributed by atoms with Crippen LogP contribution < -0.4 is 11.1 Å². The van der Waals surface area contributed by atoms with Gasteiger partial charge in [0.2, 0.25) is 5.91 Å². The first-order valence-corrected chi connectivity index (χ1v) is 6.97. The van der Waals surface area contributed by atoms with E-state index in [0.29, 0.717) is 0 Å². The lowest BCUT2D eigenvalue weighted by atomic mass is 10.0. The average Bonchev–Trinajstić information content (AvgIpc) is 2.46. The molecule has 0 aliphatic rings. The highest BCUT2D eigenvalue weighted by Gasteiger charge is 2.10. The molecule has 0 saturated carbocycles. The van der Waals surface area contributed by atoms with Crippen LogP contribution in [0, 0.1) is 5.82 Å². The van der Waals surface area contributed by atoms with E-state index in [2.05, 4.69) is 5.32 Å². The van der Waals surface area contributed by atoms with Gasteiger partial charge in [-0.05, 0) is 41.8 Å². The molecule has 1 amide bonds. The minimum absolute atomic E-state index is 0.0442. The Hall–Kier alpha value is -2.36. The molecule has 3 nitrogen and oxygen atoms in total. The molecule has 4 heteroatoms. The summed E-state index contributed by atoms with van der Waals surface area (Å²) < 4.78 is 13.3. The third kappa shape index (κ3) is 4.31. The summed E-state index contributed by atoms with van der Waals surface area (Å²) in [6, 6.07) is 14.2. The summed E-state index contributed by atoms with van der Waals surface area (Å²) >= 11 is 0. The third-order valence-electron chi connectivity index (χ3n) is 3.33. The molecule has 0 spiro atoms. The highest BCUT2D eigenvalue weighted by Crippen LogP contribution is 2.23. The van der Waals surface area contributed by atoms with Crippen molar-refractivity contribution in [2.75, 3.05) is 5.32 Å². The van der Waals surface area contributed by atoms with Crippen molar-refractivity contribution in [1.29, 1.82) is 0 Å². The molecule has 0 fully saturated rings. The minimum Gasteiger partial charge on any atom is -0.378 e. The van der Waals surface area contributed by atoms with Gasteiger partial charge in [-0.25, -0.2) is 4.39 Å². The van der Waals surface area contributed by atoms with Crippen LogP contribution >= 0.6 is 0 Å². The normalized spacial score (nSPS) is 11.9. The molecule has 3 N–H and O–H groups in total. The Morgan fingerprint density at radius 3 is 2.52 bits per heavy atom. The summed E-state index contributed by atoms with van der Waals surface area (Å²) in [6.45, 7) is 2.05. The lowest BCUT2D eigenvalue weighted by Crippen LogP contribution is -2.13. The first-order valence-electron chi connectivity index (χ1n) is 6.97. The smallest absolute Gasteiger partial charge is 0.221 e. The lowest BCUT2D eigenvalue weighted by molar-refractivity contribution is -0.117. The minimum atomic E-state index is -0.345. The number of nitrogens with two attached hydrogens (primary N) is 1. The van der Waals surface area contributed by atoms with E-state index in [-0.39, 0.29) is 24.2 Å². The summed E-state index contributed by atoms with van der Waals surface area (Å²) in [7, 11) is 0. The van der Waals surface area contributed by atoms with Gasteiger partial charge in [0.1, 0.15) is 5.82 Å². The summed E-state index contributed by atoms with van der Waals surface area (Å²) in [5.74, 6) is -0.577. The van der Waals surface area contributed by atoms with E-state index >= 15 is 0 Å². The fourth-order valence-corrected chi connectivity index (χ4v) is 2.27. The number of carbonyl (C=O) groups is 1. The van der Waals surface area contributed by atoms with Crippen molar-refractivity contribution in [2.45, 2.75) is 25.8 Å². The molecule has 21 heavy (non-hydrogen) atoms. The number of rotatable bonds is 6. The Morgan fingerprint density at radius 2 is 1.95 bits per heavy atom. The van der Waals surface area contributed by atoms with Gasteiger partial charge in [0.15, 0.2) is 0 Å². The zero-order valence-electron chi connectivity index (χ0n) is 12.0. The first-order chi connectivity index (χ1) is 10.1. The lowest BCUT2D eigenvalue weighted by Gasteiger charge is -2.19. The van der Waals surface area contributed by atoms with Gasteiger partial charge in [0.05, 0.1) is 12.5 Å². The molecule has 0 saturated heterocycles. The summed E-state index contributed by atoms with van der Waals surface area (Å²) in [6.07, 6.45) is 1.08. The van der Waals surface area contributed by atoms with Crippen LogP contribution in [0.2, 0.25) is 0 Å². The summed E-state index contributed by atoms with van der Waals surface area (Å²) in [5.41, 5.74) is 7.89. The van der Waals surface area contributed by atoms with Gasteiger partial charge >= 0.3 is 0 Å². The molecule has 2 rings (SSSR count). The maximum atomic E-state index is 13.3. The molecule has 0 aliphatic carbocycles. The number of benzene rings is 2. The number of hydrogen-bond donors (Lipinski definition) is 2. The van der Waals surface area contributed by atoms with Crippen molar-refractivity contribution in [2.24, 2.45) is 5.73 Å². The molecule has 110 valence electrons. The van der Waals surface area contributed by atoms with E-state index in [0.717, 1.165) is 23.2 Å². The molecule has 0 radical (unpaired) electrons. The van der Waals surface area contributed by atoms with Gasteiger partial charge < -0.3 is 11.1 Å². The van der Waals surface area contributed by atoms with Crippen LogP contribution in [-0.4, -0.2) is 5.91 Å². The van der Waals surface area contributed by atoms with E-state index in [1.54, 1.807) is 12.1 Å². The van der Waals surface area contributed by atoms with Crippen LogP contribution in [0.4, 0.5) is 10.1 Å². The van der Waals surface area contributed by atoms with Crippen LogP contribution in [0.3, 0.4) is 0 Å². The SMILES string of the molecule is CCC(Nc1ccc(CC(N)=O)cc1)c1cccc(F)c1. The number of primary amides is 1. The topological polar surface area (TPSA) is 55.1 Å². The van der Waals surface area contributed by atoms with Crippen molar-refractivity contribution in [3.63, 3.8) is 0 Å². The van der Waals surface area contributed by atoms with Gasteiger partial charge in [0.25, 0.3) is 0 Å². The summed E-state index contributed by atoms with van der Waals surface area (Å²) in [4.78, 5) is 10.9. The first kappa shape index (κ1) is 15.0. The Morgan fingerprint density at radius 1 is 1.24 bits per heavy atom. The highest BCUT2D eigenvalue weighted by molar-refractivity contribution is 5.76. The molecule has 2 aromatic rings. The Labute approximate surface area is 124 Å². The van der Waals surface area contributed by atoms with Crippen LogP contribution in [0.25, 0.3) is 0 Å². The molecule has 1 atom stereocenters. The Bertz CT molecular complexity index is 610. The van der Waals surface area contributed by atoms with Crippen LogP contribution in [0.1, 0.15) is 30.5 Å². The van der Waals surface area contributed by atoms with E-state index in [1.807, 2.05) is 37.3 Å². The second kappa shape index (κ2) is 6.88. The van der Waals surface area contributed by atoms with E-state index < -0.39 is 0 Å². The molecule has 0 aromatic heterocycles. The van der Waals surface area contributed by atoms with Crippen molar-refractivity contribution in [3.8, 4) is 0 Å². The zero-order valence-corrected chi connectivity index (χ0v) is 12.0. The van der Waals surface area contributed by atoms with Crippen LogP contribution in [0.15, 0.2) is 48.5 Å². The number of carbonyl (C=O) groups excluding carboxylic acids is 1. The largest absolute Gasteiger partial charge is 0.378 e. The highest BCUT2D eigenvalue weighted by atomic mass is 19.1. The fraction of sp³-hybridized carbons (Fsp3) is 0.235.